The van der Waals surface area contributed by atoms with Crippen LogP contribution >= 0.6 is 12.4 Å². The van der Waals surface area contributed by atoms with Crippen LogP contribution in [-0.4, -0.2) is 56.5 Å². The van der Waals surface area contributed by atoms with Crippen molar-refractivity contribution in [3.05, 3.63) is 82.7 Å². The number of sulfonamides is 1. The van der Waals surface area contributed by atoms with Gasteiger partial charge in [0.05, 0.1) is 10.5 Å². The first kappa shape index (κ1) is 27.8. The van der Waals surface area contributed by atoms with E-state index in [1.807, 2.05) is 38.1 Å². The Morgan fingerprint density at radius 2 is 1.71 bits per heavy atom. The van der Waals surface area contributed by atoms with Gasteiger partial charge in [-0.25, -0.2) is 12.8 Å². The van der Waals surface area contributed by atoms with Crippen molar-refractivity contribution >= 4 is 34.0 Å². The molecule has 2 aliphatic heterocycles. The molecule has 1 saturated heterocycles. The number of aryl methyl sites for hydroxylation is 1. The zero-order chi connectivity index (χ0) is 26.2. The molecule has 0 unspecified atom stereocenters. The van der Waals surface area contributed by atoms with Crippen molar-refractivity contribution in [2.45, 2.75) is 25.3 Å². The number of fused-ring (bicyclic) bond motifs is 1. The number of ether oxygens (including phenoxy) is 2. The number of carbonyl (C=O) groups excluding carboxylic acids is 1. The molecule has 0 bridgehead atoms. The fourth-order valence-electron chi connectivity index (χ4n) is 4.49. The zero-order valence-corrected chi connectivity index (χ0v) is 22.7. The minimum absolute atomic E-state index is 0. The molecule has 1 amide bonds. The van der Waals surface area contributed by atoms with Crippen molar-refractivity contribution < 1.29 is 27.1 Å². The van der Waals surface area contributed by atoms with Crippen molar-refractivity contribution in [1.29, 1.82) is 0 Å². The first-order chi connectivity index (χ1) is 17.7. The summed E-state index contributed by atoms with van der Waals surface area (Å²) in [6.07, 6.45) is 0. The lowest BCUT2D eigenvalue weighted by molar-refractivity contribution is 0.102. The fraction of sp³-hybridized carbons (Fsp3) is 0.296. The Hall–Kier alpha value is -3.18. The predicted molar refractivity (Wildman–Crippen MR) is 144 cm³/mol. The SMILES string of the molecule is Cc1cccc(NC(=O)c2cc(S(=O)(=O)N3CCN(Cc4ccc5c(c4)OCO5)CC3)ccc2F)c1C.Cl. The van der Waals surface area contributed by atoms with Gasteiger partial charge in [-0.05, 0) is 66.9 Å². The topological polar surface area (TPSA) is 88.2 Å². The highest BCUT2D eigenvalue weighted by molar-refractivity contribution is 7.89. The van der Waals surface area contributed by atoms with Crippen LogP contribution in [0.3, 0.4) is 0 Å². The lowest BCUT2D eigenvalue weighted by Gasteiger charge is -2.34. The van der Waals surface area contributed by atoms with Crippen LogP contribution in [0.25, 0.3) is 0 Å². The lowest BCUT2D eigenvalue weighted by atomic mass is 10.1. The monoisotopic (exact) mass is 561 g/mol. The molecule has 5 rings (SSSR count). The molecular formula is C27H29ClFN3O5S. The van der Waals surface area contributed by atoms with Crippen LogP contribution in [0.15, 0.2) is 59.5 Å². The van der Waals surface area contributed by atoms with E-state index < -0.39 is 21.7 Å². The van der Waals surface area contributed by atoms with E-state index in [1.165, 1.54) is 10.4 Å². The normalized spacial score (nSPS) is 15.7. The number of hydrogen-bond acceptors (Lipinski definition) is 6. The number of benzene rings is 3. The maximum Gasteiger partial charge on any atom is 0.258 e. The number of hydrogen-bond donors (Lipinski definition) is 1. The van der Waals surface area contributed by atoms with E-state index in [1.54, 1.807) is 12.1 Å². The second-order valence-electron chi connectivity index (χ2n) is 9.21. The number of amides is 1. The number of anilines is 1. The van der Waals surface area contributed by atoms with Gasteiger partial charge in [0.1, 0.15) is 5.82 Å². The molecule has 0 aliphatic carbocycles. The van der Waals surface area contributed by atoms with Gasteiger partial charge in [-0.15, -0.1) is 12.4 Å². The number of rotatable bonds is 6. The van der Waals surface area contributed by atoms with Gasteiger partial charge >= 0.3 is 0 Å². The Balaban J connectivity index is 0.00000336. The van der Waals surface area contributed by atoms with Crippen LogP contribution < -0.4 is 14.8 Å². The Kier molecular flexibility index (Phi) is 8.27. The summed E-state index contributed by atoms with van der Waals surface area (Å²) in [5.74, 6) is -0.0412. The molecule has 0 aromatic heterocycles. The van der Waals surface area contributed by atoms with Gasteiger partial charge in [-0.3, -0.25) is 9.69 Å². The van der Waals surface area contributed by atoms with Crippen LogP contribution in [0.1, 0.15) is 27.0 Å². The minimum Gasteiger partial charge on any atom is -0.454 e. The van der Waals surface area contributed by atoms with Gasteiger partial charge in [0.2, 0.25) is 16.8 Å². The number of carbonyl (C=O) groups is 1. The average molecular weight is 562 g/mol. The summed E-state index contributed by atoms with van der Waals surface area (Å²) in [6.45, 7) is 6.28. The standard InChI is InChI=1S/C27H28FN3O5S.ClH/c1-18-4-3-5-24(19(18)2)29-27(32)22-15-21(7-8-23(22)28)37(33,34)31-12-10-30(11-13-31)16-20-6-9-25-26(14-20)36-17-35-25;/h3-9,14-15H,10-13,16-17H2,1-2H3,(H,29,32);1H. The molecule has 11 heteroatoms. The summed E-state index contributed by atoms with van der Waals surface area (Å²) in [5.41, 5.74) is 3.13. The van der Waals surface area contributed by atoms with Crippen LogP contribution in [0.2, 0.25) is 0 Å². The van der Waals surface area contributed by atoms with E-state index in [0.717, 1.165) is 34.6 Å². The van der Waals surface area contributed by atoms with Crippen molar-refractivity contribution in [1.82, 2.24) is 9.21 Å². The molecule has 38 heavy (non-hydrogen) atoms. The van der Waals surface area contributed by atoms with Gasteiger partial charge in [0.25, 0.3) is 5.91 Å². The van der Waals surface area contributed by atoms with Crippen LogP contribution in [0, 0.1) is 19.7 Å². The highest BCUT2D eigenvalue weighted by atomic mass is 35.5. The third kappa shape index (κ3) is 5.63. The Bertz CT molecular complexity index is 1460. The van der Waals surface area contributed by atoms with Gasteiger partial charge in [0, 0.05) is 38.4 Å². The summed E-state index contributed by atoms with van der Waals surface area (Å²) in [5, 5.41) is 2.70. The van der Waals surface area contributed by atoms with Crippen LogP contribution in [-0.2, 0) is 16.6 Å². The van der Waals surface area contributed by atoms with Crippen LogP contribution in [0.5, 0.6) is 11.5 Å². The number of piperazine rings is 1. The molecular weight excluding hydrogens is 533 g/mol. The number of halogens is 2. The summed E-state index contributed by atoms with van der Waals surface area (Å²) in [6, 6.07) is 14.6. The van der Waals surface area contributed by atoms with Gasteiger partial charge in [-0.1, -0.05) is 18.2 Å². The van der Waals surface area contributed by atoms with Crippen molar-refractivity contribution in [2.75, 3.05) is 38.3 Å². The Morgan fingerprint density at radius 1 is 0.974 bits per heavy atom. The number of nitrogens with zero attached hydrogens (tertiary/aromatic N) is 2. The Labute approximate surface area is 227 Å². The molecule has 0 spiro atoms. The van der Waals surface area contributed by atoms with Crippen molar-refractivity contribution in [2.24, 2.45) is 0 Å². The second-order valence-corrected chi connectivity index (χ2v) is 11.1. The third-order valence-corrected chi connectivity index (χ3v) is 8.74. The largest absolute Gasteiger partial charge is 0.454 e. The Morgan fingerprint density at radius 3 is 2.47 bits per heavy atom. The fourth-order valence-corrected chi connectivity index (χ4v) is 5.94. The first-order valence-corrected chi connectivity index (χ1v) is 13.4. The van der Waals surface area contributed by atoms with Gasteiger partial charge in [0.15, 0.2) is 11.5 Å². The summed E-state index contributed by atoms with van der Waals surface area (Å²) < 4.78 is 53.4. The van der Waals surface area contributed by atoms with E-state index in [9.17, 15) is 17.6 Å². The molecule has 0 saturated carbocycles. The van der Waals surface area contributed by atoms with E-state index >= 15 is 0 Å². The average Bonchev–Trinajstić information content (AvgIpc) is 3.35. The van der Waals surface area contributed by atoms with Crippen molar-refractivity contribution in [3.63, 3.8) is 0 Å². The first-order valence-electron chi connectivity index (χ1n) is 12.0. The van der Waals surface area contributed by atoms with E-state index in [4.69, 9.17) is 9.47 Å². The minimum atomic E-state index is -3.90. The van der Waals surface area contributed by atoms with E-state index in [0.29, 0.717) is 31.1 Å². The molecule has 2 aliphatic rings. The summed E-state index contributed by atoms with van der Waals surface area (Å²) in [4.78, 5) is 14.9. The number of nitrogens with one attached hydrogen (secondary N) is 1. The molecule has 1 fully saturated rings. The second kappa shape index (κ2) is 11.3. The molecule has 0 radical (unpaired) electrons. The highest BCUT2D eigenvalue weighted by Gasteiger charge is 2.30. The molecule has 3 aromatic carbocycles. The third-order valence-electron chi connectivity index (χ3n) is 6.85. The lowest BCUT2D eigenvalue weighted by Crippen LogP contribution is -2.48. The molecule has 3 aromatic rings. The quantitative estimate of drug-likeness (QED) is 0.481. The zero-order valence-electron chi connectivity index (χ0n) is 21.1. The van der Waals surface area contributed by atoms with Crippen molar-refractivity contribution in [3.8, 4) is 11.5 Å². The van der Waals surface area contributed by atoms with Crippen LogP contribution in [0.4, 0.5) is 10.1 Å². The predicted octanol–water partition coefficient (Wildman–Crippen LogP) is 4.35. The summed E-state index contributed by atoms with van der Waals surface area (Å²) >= 11 is 0. The highest BCUT2D eigenvalue weighted by Crippen LogP contribution is 2.33. The maximum absolute atomic E-state index is 14.6. The van der Waals surface area contributed by atoms with E-state index in [2.05, 4.69) is 10.2 Å². The smallest absolute Gasteiger partial charge is 0.258 e. The molecule has 202 valence electrons. The van der Waals surface area contributed by atoms with E-state index in [-0.39, 0.29) is 42.7 Å². The molecule has 2 heterocycles. The maximum atomic E-state index is 14.6. The molecule has 0 atom stereocenters. The molecule has 1 N–H and O–H groups in total. The molecule has 8 nitrogen and oxygen atoms in total. The van der Waals surface area contributed by atoms with Gasteiger partial charge < -0.3 is 14.8 Å². The van der Waals surface area contributed by atoms with Gasteiger partial charge in [-0.2, -0.15) is 4.31 Å². The summed E-state index contributed by atoms with van der Waals surface area (Å²) in [7, 11) is -3.90.